The summed E-state index contributed by atoms with van der Waals surface area (Å²) in [6, 6.07) is 9.95. The summed E-state index contributed by atoms with van der Waals surface area (Å²) in [7, 11) is 2.03. The first-order chi connectivity index (χ1) is 11.7. The predicted molar refractivity (Wildman–Crippen MR) is 90.1 cm³/mol. The Balaban J connectivity index is 1.47. The van der Waals surface area contributed by atoms with Crippen LogP contribution in [0.1, 0.15) is 24.4 Å². The van der Waals surface area contributed by atoms with E-state index in [4.69, 9.17) is 13.9 Å². The van der Waals surface area contributed by atoms with Gasteiger partial charge in [-0.1, -0.05) is 12.1 Å². The fourth-order valence-corrected chi connectivity index (χ4v) is 3.20. The highest BCUT2D eigenvalue weighted by Crippen LogP contribution is 2.33. The second kappa shape index (κ2) is 6.26. The molecule has 0 fully saturated rings. The van der Waals surface area contributed by atoms with Crippen LogP contribution in [0.25, 0.3) is 10.8 Å². The van der Waals surface area contributed by atoms with Crippen molar-refractivity contribution in [1.82, 2.24) is 15.1 Å². The van der Waals surface area contributed by atoms with Crippen molar-refractivity contribution in [2.75, 3.05) is 13.8 Å². The van der Waals surface area contributed by atoms with Crippen molar-refractivity contribution in [2.45, 2.75) is 19.5 Å². The maximum Gasteiger partial charge on any atom is 0.257 e. The van der Waals surface area contributed by atoms with Crippen LogP contribution in [-0.4, -0.2) is 28.9 Å². The van der Waals surface area contributed by atoms with Gasteiger partial charge in [-0.05, 0) is 43.1 Å². The number of hydrogen-bond donors (Lipinski definition) is 0. The number of ether oxygens (including phenoxy) is 2. The lowest BCUT2D eigenvalue weighted by molar-refractivity contribution is 0.174. The third-order valence-electron chi connectivity index (χ3n) is 4.06. The van der Waals surface area contributed by atoms with Gasteiger partial charge in [-0.2, -0.15) is 0 Å². The molecular weight excluding hydrogens is 326 g/mol. The van der Waals surface area contributed by atoms with E-state index < -0.39 is 0 Å². The molecule has 3 aromatic rings. The Bertz CT molecular complexity index is 831. The molecule has 0 radical (unpaired) electrons. The SMILES string of the molecule is C[C@H](c1nnc(-c2cccs2)o1)N(C)Cc1ccc2c(c1)OCO2. The molecule has 24 heavy (non-hydrogen) atoms. The lowest BCUT2D eigenvalue weighted by atomic mass is 10.1. The van der Waals surface area contributed by atoms with Crippen molar-refractivity contribution >= 4 is 11.3 Å². The highest BCUT2D eigenvalue weighted by Gasteiger charge is 2.21. The van der Waals surface area contributed by atoms with Crippen LogP contribution in [0, 0.1) is 0 Å². The van der Waals surface area contributed by atoms with Crippen molar-refractivity contribution in [3.05, 3.63) is 47.2 Å². The summed E-state index contributed by atoms with van der Waals surface area (Å²) in [6.07, 6.45) is 0. The highest BCUT2D eigenvalue weighted by molar-refractivity contribution is 7.13. The summed E-state index contributed by atoms with van der Waals surface area (Å²) >= 11 is 1.59. The summed E-state index contributed by atoms with van der Waals surface area (Å²) in [4.78, 5) is 3.14. The van der Waals surface area contributed by atoms with Crippen LogP contribution in [0.4, 0.5) is 0 Å². The van der Waals surface area contributed by atoms with E-state index in [1.54, 1.807) is 11.3 Å². The molecule has 1 atom stereocenters. The molecule has 0 N–H and O–H groups in total. The normalized spacial score (nSPS) is 14.3. The Labute approximate surface area is 143 Å². The Hall–Kier alpha value is -2.38. The molecule has 124 valence electrons. The average Bonchev–Trinajstić information content (AvgIpc) is 3.32. The topological polar surface area (TPSA) is 60.6 Å². The van der Waals surface area contributed by atoms with Crippen LogP contribution in [0.15, 0.2) is 40.1 Å². The van der Waals surface area contributed by atoms with Crippen LogP contribution in [-0.2, 0) is 6.54 Å². The van der Waals surface area contributed by atoms with Crippen molar-refractivity contribution in [3.8, 4) is 22.3 Å². The molecule has 4 rings (SSSR count). The van der Waals surface area contributed by atoms with Gasteiger partial charge in [0.15, 0.2) is 11.5 Å². The highest BCUT2D eigenvalue weighted by atomic mass is 32.1. The van der Waals surface area contributed by atoms with Gasteiger partial charge in [0.05, 0.1) is 10.9 Å². The molecule has 0 saturated heterocycles. The van der Waals surface area contributed by atoms with E-state index in [-0.39, 0.29) is 6.04 Å². The fraction of sp³-hybridized carbons (Fsp3) is 0.294. The molecule has 0 unspecified atom stereocenters. The summed E-state index contributed by atoms with van der Waals surface area (Å²) in [6.45, 7) is 3.09. The van der Waals surface area contributed by atoms with Gasteiger partial charge in [-0.25, -0.2) is 0 Å². The molecule has 0 aliphatic carbocycles. The smallest absolute Gasteiger partial charge is 0.257 e. The molecule has 0 amide bonds. The molecule has 3 heterocycles. The summed E-state index contributed by atoms with van der Waals surface area (Å²) in [5.41, 5.74) is 1.14. The Morgan fingerprint density at radius 3 is 2.92 bits per heavy atom. The van der Waals surface area contributed by atoms with Crippen LogP contribution < -0.4 is 9.47 Å². The molecule has 2 aromatic heterocycles. The number of nitrogens with zero attached hydrogens (tertiary/aromatic N) is 3. The quantitative estimate of drug-likeness (QED) is 0.704. The minimum Gasteiger partial charge on any atom is -0.454 e. The Kier molecular flexibility index (Phi) is 3.95. The third-order valence-corrected chi connectivity index (χ3v) is 4.92. The lowest BCUT2D eigenvalue weighted by Gasteiger charge is -2.21. The van der Waals surface area contributed by atoms with E-state index >= 15 is 0 Å². The second-order valence-corrected chi connectivity index (χ2v) is 6.65. The average molecular weight is 343 g/mol. The second-order valence-electron chi connectivity index (χ2n) is 5.70. The molecule has 7 heteroatoms. The number of benzene rings is 1. The molecule has 1 aliphatic heterocycles. The van der Waals surface area contributed by atoms with Gasteiger partial charge in [-0.3, -0.25) is 4.90 Å². The van der Waals surface area contributed by atoms with Crippen LogP contribution in [0.2, 0.25) is 0 Å². The lowest BCUT2D eigenvalue weighted by Crippen LogP contribution is -2.22. The van der Waals surface area contributed by atoms with Crippen molar-refractivity contribution < 1.29 is 13.9 Å². The number of hydrogen-bond acceptors (Lipinski definition) is 7. The first kappa shape index (κ1) is 15.2. The van der Waals surface area contributed by atoms with E-state index in [1.807, 2.05) is 42.8 Å². The standard InChI is InChI=1S/C17H17N3O3S/c1-11(16-18-19-17(23-16)15-4-3-7-24-15)20(2)9-12-5-6-13-14(8-12)22-10-21-13/h3-8,11H,9-10H2,1-2H3/t11-/m1/s1. The van der Waals surface area contributed by atoms with Gasteiger partial charge in [-0.15, -0.1) is 21.5 Å². The van der Waals surface area contributed by atoms with Crippen molar-refractivity contribution in [1.29, 1.82) is 0 Å². The van der Waals surface area contributed by atoms with Crippen LogP contribution in [0.3, 0.4) is 0 Å². The maximum absolute atomic E-state index is 5.82. The van der Waals surface area contributed by atoms with E-state index in [9.17, 15) is 0 Å². The summed E-state index contributed by atoms with van der Waals surface area (Å²) in [5, 5.41) is 10.3. The number of aromatic nitrogens is 2. The van der Waals surface area contributed by atoms with Gasteiger partial charge in [0.25, 0.3) is 5.89 Å². The molecule has 0 spiro atoms. The van der Waals surface area contributed by atoms with E-state index in [2.05, 4.69) is 22.0 Å². The molecule has 1 aliphatic rings. The third kappa shape index (κ3) is 2.88. The fourth-order valence-electron chi connectivity index (χ4n) is 2.56. The zero-order valence-electron chi connectivity index (χ0n) is 13.4. The molecule has 0 bridgehead atoms. The first-order valence-electron chi connectivity index (χ1n) is 7.67. The maximum atomic E-state index is 5.82. The van der Waals surface area contributed by atoms with Crippen molar-refractivity contribution in [3.63, 3.8) is 0 Å². The number of fused-ring (bicyclic) bond motifs is 1. The van der Waals surface area contributed by atoms with Crippen molar-refractivity contribution in [2.24, 2.45) is 0 Å². The zero-order valence-corrected chi connectivity index (χ0v) is 14.2. The Morgan fingerprint density at radius 2 is 2.08 bits per heavy atom. The summed E-state index contributed by atoms with van der Waals surface area (Å²) in [5.74, 6) is 2.78. The number of rotatable bonds is 5. The monoisotopic (exact) mass is 343 g/mol. The van der Waals surface area contributed by atoms with Gasteiger partial charge in [0.1, 0.15) is 0 Å². The molecular formula is C17H17N3O3S. The van der Waals surface area contributed by atoms with Gasteiger partial charge in [0.2, 0.25) is 12.7 Å². The minimum atomic E-state index is 0.0108. The minimum absolute atomic E-state index is 0.0108. The molecule has 6 nitrogen and oxygen atoms in total. The summed E-state index contributed by atoms with van der Waals surface area (Å²) < 4.78 is 16.6. The van der Waals surface area contributed by atoms with Gasteiger partial charge in [0, 0.05) is 6.54 Å². The Morgan fingerprint density at radius 1 is 1.21 bits per heavy atom. The van der Waals surface area contributed by atoms with E-state index in [1.165, 1.54) is 0 Å². The zero-order chi connectivity index (χ0) is 16.5. The molecule has 1 aromatic carbocycles. The number of thiophene rings is 1. The van der Waals surface area contributed by atoms with Crippen LogP contribution in [0.5, 0.6) is 11.5 Å². The van der Waals surface area contributed by atoms with Gasteiger partial charge < -0.3 is 13.9 Å². The van der Waals surface area contributed by atoms with Crippen LogP contribution >= 0.6 is 11.3 Å². The predicted octanol–water partition coefficient (Wildman–Crippen LogP) is 3.72. The van der Waals surface area contributed by atoms with E-state index in [0.717, 1.165) is 28.5 Å². The first-order valence-corrected chi connectivity index (χ1v) is 8.55. The van der Waals surface area contributed by atoms with E-state index in [0.29, 0.717) is 18.6 Å². The largest absolute Gasteiger partial charge is 0.454 e. The molecule has 0 saturated carbocycles. The van der Waals surface area contributed by atoms with Gasteiger partial charge >= 0.3 is 0 Å².